The molecule has 27 heavy (non-hydrogen) atoms. The molecule has 2 saturated carbocycles. The van der Waals surface area contributed by atoms with Crippen molar-refractivity contribution in [3.8, 4) is 5.75 Å². The molecule has 3 aliphatic rings. The molecule has 0 radical (unpaired) electrons. The minimum atomic E-state index is 0.0522. The molecule has 1 saturated heterocycles. The van der Waals surface area contributed by atoms with Crippen molar-refractivity contribution in [2.24, 2.45) is 22.7 Å². The predicted molar refractivity (Wildman–Crippen MR) is 106 cm³/mol. The predicted octanol–water partition coefficient (Wildman–Crippen LogP) is 4.41. The van der Waals surface area contributed by atoms with Gasteiger partial charge in [0, 0.05) is 24.6 Å². The number of amides is 1. The van der Waals surface area contributed by atoms with E-state index in [1.807, 2.05) is 6.92 Å². The van der Waals surface area contributed by atoms with Gasteiger partial charge in [0.1, 0.15) is 5.75 Å². The number of hydrogen-bond donors (Lipinski definition) is 1. The van der Waals surface area contributed by atoms with Crippen LogP contribution in [0.2, 0.25) is 0 Å². The van der Waals surface area contributed by atoms with Gasteiger partial charge in [0.05, 0.1) is 13.2 Å². The van der Waals surface area contributed by atoms with Crippen LogP contribution in [0, 0.1) is 29.6 Å². The molecule has 1 spiro atoms. The fourth-order valence-corrected chi connectivity index (χ4v) is 6.41. The summed E-state index contributed by atoms with van der Waals surface area (Å²) in [6.07, 6.45) is 4.01. The summed E-state index contributed by atoms with van der Waals surface area (Å²) in [7, 11) is 1.74. The van der Waals surface area contributed by atoms with Gasteiger partial charge in [0.15, 0.2) is 0 Å². The molecule has 1 amide bonds. The summed E-state index contributed by atoms with van der Waals surface area (Å²) < 4.78 is 12.1. The van der Waals surface area contributed by atoms with Crippen molar-refractivity contribution in [2.75, 3.05) is 13.7 Å². The van der Waals surface area contributed by atoms with E-state index in [0.29, 0.717) is 18.3 Å². The quantitative estimate of drug-likeness (QED) is 0.853. The van der Waals surface area contributed by atoms with Crippen molar-refractivity contribution in [3.05, 3.63) is 29.3 Å². The third kappa shape index (κ3) is 2.71. The van der Waals surface area contributed by atoms with Gasteiger partial charge in [0.2, 0.25) is 5.91 Å². The monoisotopic (exact) mass is 371 g/mol. The Morgan fingerprint density at radius 3 is 2.85 bits per heavy atom. The Balaban J connectivity index is 1.72. The summed E-state index contributed by atoms with van der Waals surface area (Å²) in [5.41, 5.74) is 2.64. The van der Waals surface area contributed by atoms with Crippen LogP contribution in [0.1, 0.15) is 63.7 Å². The number of benzene rings is 1. The van der Waals surface area contributed by atoms with E-state index >= 15 is 0 Å². The van der Waals surface area contributed by atoms with Gasteiger partial charge < -0.3 is 14.8 Å². The molecule has 4 rings (SSSR count). The maximum atomic E-state index is 12.3. The minimum Gasteiger partial charge on any atom is -0.496 e. The molecule has 3 fully saturated rings. The van der Waals surface area contributed by atoms with E-state index in [1.54, 1.807) is 7.11 Å². The zero-order chi connectivity index (χ0) is 19.4. The van der Waals surface area contributed by atoms with Crippen molar-refractivity contribution < 1.29 is 14.3 Å². The zero-order valence-corrected chi connectivity index (χ0v) is 17.3. The third-order valence-corrected chi connectivity index (χ3v) is 7.83. The zero-order valence-electron chi connectivity index (χ0n) is 17.3. The summed E-state index contributed by atoms with van der Waals surface area (Å²) in [5, 5.41) is 3.42. The van der Waals surface area contributed by atoms with E-state index in [0.717, 1.165) is 24.3 Å². The van der Waals surface area contributed by atoms with E-state index in [1.165, 1.54) is 18.4 Å². The number of carbonyl (C=O) groups is 1. The Morgan fingerprint density at radius 1 is 1.37 bits per heavy atom. The first-order chi connectivity index (χ1) is 12.8. The highest BCUT2D eigenvalue weighted by molar-refractivity contribution is 5.76. The second-order valence-electron chi connectivity index (χ2n) is 9.44. The summed E-state index contributed by atoms with van der Waals surface area (Å²) in [6, 6.07) is 6.65. The molecular weight excluding hydrogens is 338 g/mol. The topological polar surface area (TPSA) is 47.6 Å². The number of fused-ring (bicyclic) bond motifs is 1. The van der Waals surface area contributed by atoms with Crippen molar-refractivity contribution in [2.45, 2.75) is 65.5 Å². The van der Waals surface area contributed by atoms with Gasteiger partial charge in [-0.15, -0.1) is 0 Å². The first-order valence-electron chi connectivity index (χ1n) is 10.4. The number of carbonyl (C=O) groups excluding carboxylic acids is 1. The lowest BCUT2D eigenvalue weighted by atomic mass is 9.58. The van der Waals surface area contributed by atoms with Gasteiger partial charge in [0.25, 0.3) is 0 Å². The van der Waals surface area contributed by atoms with E-state index in [4.69, 9.17) is 9.47 Å². The summed E-state index contributed by atoms with van der Waals surface area (Å²) in [4.78, 5) is 12.3. The Kier molecular flexibility index (Phi) is 4.53. The number of hydrogen-bond acceptors (Lipinski definition) is 3. The number of nitrogens with one attached hydrogen (secondary N) is 1. The third-order valence-electron chi connectivity index (χ3n) is 7.83. The second-order valence-corrected chi connectivity index (χ2v) is 9.44. The Bertz CT molecular complexity index is 743. The van der Waals surface area contributed by atoms with Crippen molar-refractivity contribution in [1.29, 1.82) is 0 Å². The van der Waals surface area contributed by atoms with Crippen LogP contribution < -0.4 is 10.1 Å². The lowest BCUT2D eigenvalue weighted by Crippen LogP contribution is -2.58. The highest BCUT2D eigenvalue weighted by Gasteiger charge is 2.68. The van der Waals surface area contributed by atoms with Gasteiger partial charge in [-0.1, -0.05) is 32.9 Å². The molecule has 1 heterocycles. The summed E-state index contributed by atoms with van der Waals surface area (Å²) in [6.45, 7) is 9.47. The Labute approximate surface area is 163 Å². The normalized spacial score (nSPS) is 36.3. The van der Waals surface area contributed by atoms with Gasteiger partial charge in [-0.3, -0.25) is 4.79 Å². The van der Waals surface area contributed by atoms with Crippen LogP contribution in [-0.4, -0.2) is 25.7 Å². The fraction of sp³-hybridized carbons (Fsp3) is 0.696. The molecular formula is C23H33NO3. The molecule has 1 N–H and O–H groups in total. The lowest BCUT2D eigenvalue weighted by Gasteiger charge is -2.53. The van der Waals surface area contributed by atoms with Crippen LogP contribution in [0.5, 0.6) is 5.75 Å². The maximum Gasteiger partial charge on any atom is 0.219 e. The van der Waals surface area contributed by atoms with E-state index in [2.05, 4.69) is 44.3 Å². The van der Waals surface area contributed by atoms with Crippen LogP contribution in [0.25, 0.3) is 0 Å². The van der Waals surface area contributed by atoms with Crippen LogP contribution in [-0.2, 0) is 9.53 Å². The fourth-order valence-electron chi connectivity index (χ4n) is 6.41. The van der Waals surface area contributed by atoms with Crippen molar-refractivity contribution >= 4 is 5.91 Å². The molecule has 2 aliphatic carbocycles. The molecule has 5 atom stereocenters. The first-order valence-corrected chi connectivity index (χ1v) is 10.4. The molecule has 148 valence electrons. The Hall–Kier alpha value is -1.55. The maximum absolute atomic E-state index is 12.3. The summed E-state index contributed by atoms with van der Waals surface area (Å²) in [5.74, 6) is 2.16. The average Bonchev–Trinajstić information content (AvgIpc) is 3.14. The van der Waals surface area contributed by atoms with E-state index in [9.17, 15) is 4.79 Å². The number of aryl methyl sites for hydroxylation is 1. The number of ether oxygens (including phenoxy) is 2. The smallest absolute Gasteiger partial charge is 0.219 e. The van der Waals surface area contributed by atoms with E-state index < -0.39 is 0 Å². The molecule has 4 nitrogen and oxygen atoms in total. The second kappa shape index (κ2) is 6.51. The highest BCUT2D eigenvalue weighted by atomic mass is 16.5. The van der Waals surface area contributed by atoms with Gasteiger partial charge in [-0.2, -0.15) is 0 Å². The number of methoxy groups -OCH3 is 1. The molecule has 1 aromatic carbocycles. The first kappa shape index (κ1) is 18.8. The van der Waals surface area contributed by atoms with Crippen LogP contribution in [0.4, 0.5) is 0 Å². The molecule has 1 aromatic rings. The lowest BCUT2D eigenvalue weighted by molar-refractivity contribution is -0.137. The SMILES string of the molecule is CCC(=O)N[C@@H]1C(C)(C)[C@@H]2C[C@@H]3[C@@H](c4ccc(C)cc4OC)OCC[C@@]31C2. The Morgan fingerprint density at radius 2 is 2.15 bits per heavy atom. The van der Waals surface area contributed by atoms with Crippen LogP contribution in [0.3, 0.4) is 0 Å². The van der Waals surface area contributed by atoms with Crippen molar-refractivity contribution in [3.63, 3.8) is 0 Å². The number of rotatable bonds is 4. The van der Waals surface area contributed by atoms with Crippen molar-refractivity contribution in [1.82, 2.24) is 5.32 Å². The summed E-state index contributed by atoms with van der Waals surface area (Å²) >= 11 is 0. The average molecular weight is 372 g/mol. The van der Waals surface area contributed by atoms with Crippen LogP contribution in [0.15, 0.2) is 18.2 Å². The minimum absolute atomic E-state index is 0.0522. The van der Waals surface area contributed by atoms with E-state index in [-0.39, 0.29) is 28.9 Å². The van der Waals surface area contributed by atoms with Gasteiger partial charge in [-0.25, -0.2) is 0 Å². The van der Waals surface area contributed by atoms with Gasteiger partial charge in [-0.05, 0) is 60.5 Å². The van der Waals surface area contributed by atoms with Gasteiger partial charge >= 0.3 is 0 Å². The molecule has 0 unspecified atom stereocenters. The molecule has 0 aromatic heterocycles. The highest BCUT2D eigenvalue weighted by Crippen LogP contribution is 2.70. The standard InChI is InChI=1S/C23H33NO3/c1-6-19(25)24-21-22(3,4)15-12-17-20(27-10-9-23(17,21)13-15)16-8-7-14(2)11-18(16)26-5/h7-8,11,15,17,20-21H,6,9-10,12-13H2,1-5H3,(H,24,25)/t15-,17-,20-,21-,23-/m1/s1. The molecule has 4 heteroatoms. The molecule has 2 bridgehead atoms. The molecule has 1 aliphatic heterocycles. The largest absolute Gasteiger partial charge is 0.496 e. The van der Waals surface area contributed by atoms with Crippen LogP contribution >= 0.6 is 0 Å².